The second-order valence-corrected chi connectivity index (χ2v) is 6.12. The number of hydrogen-bond donors (Lipinski definition) is 1. The number of rotatable bonds is 4. The fourth-order valence-electron chi connectivity index (χ4n) is 1.89. The Labute approximate surface area is 117 Å². The van der Waals surface area contributed by atoms with Crippen LogP contribution in [0.3, 0.4) is 0 Å². The predicted molar refractivity (Wildman–Crippen MR) is 70.5 cm³/mol. The fraction of sp³-hybridized carbons (Fsp3) is 0.417. The lowest BCUT2D eigenvalue weighted by Crippen LogP contribution is -2.40. The van der Waals surface area contributed by atoms with Crippen molar-refractivity contribution >= 4 is 15.9 Å². The molecule has 1 amide bonds. The summed E-state index contributed by atoms with van der Waals surface area (Å²) in [7, 11) is -2.29. The van der Waals surface area contributed by atoms with Crippen LogP contribution in [0.15, 0.2) is 29.2 Å². The van der Waals surface area contributed by atoms with E-state index < -0.39 is 15.9 Å². The Morgan fingerprint density at radius 1 is 1.35 bits per heavy atom. The van der Waals surface area contributed by atoms with Crippen LogP contribution in [0.1, 0.15) is 10.4 Å². The van der Waals surface area contributed by atoms with Gasteiger partial charge in [-0.2, -0.15) is 4.31 Å². The highest BCUT2D eigenvalue weighted by molar-refractivity contribution is 7.89. The highest BCUT2D eigenvalue weighted by atomic mass is 32.2. The van der Waals surface area contributed by atoms with Crippen molar-refractivity contribution in [3.63, 3.8) is 0 Å². The molecule has 1 N–H and O–H groups in total. The minimum Gasteiger partial charge on any atom is -0.379 e. The van der Waals surface area contributed by atoms with Crippen molar-refractivity contribution in [2.75, 3.05) is 33.4 Å². The lowest BCUT2D eigenvalue weighted by atomic mass is 10.2. The number of amides is 1. The molecule has 1 saturated heterocycles. The van der Waals surface area contributed by atoms with Crippen LogP contribution in [0.25, 0.3) is 0 Å². The number of nitrogens with zero attached hydrogens (tertiary/aromatic N) is 1. The minimum absolute atomic E-state index is 0.0863. The van der Waals surface area contributed by atoms with Gasteiger partial charge in [-0.05, 0) is 18.2 Å². The van der Waals surface area contributed by atoms with E-state index in [9.17, 15) is 13.2 Å². The summed E-state index contributed by atoms with van der Waals surface area (Å²) in [5, 5.41) is 0. The summed E-state index contributed by atoms with van der Waals surface area (Å²) in [5.41, 5.74) is 2.38. The number of ether oxygens (including phenoxy) is 1. The molecule has 8 heteroatoms. The first-order valence-electron chi connectivity index (χ1n) is 6.07. The van der Waals surface area contributed by atoms with Gasteiger partial charge in [0.2, 0.25) is 10.0 Å². The molecule has 1 fully saturated rings. The van der Waals surface area contributed by atoms with Gasteiger partial charge < -0.3 is 4.74 Å². The number of hydroxylamine groups is 1. The van der Waals surface area contributed by atoms with Gasteiger partial charge in [-0.3, -0.25) is 9.63 Å². The first kappa shape index (κ1) is 14.9. The minimum atomic E-state index is -3.60. The molecule has 7 nitrogen and oxygen atoms in total. The maximum atomic E-state index is 12.4. The summed E-state index contributed by atoms with van der Waals surface area (Å²) in [6.07, 6.45) is 0. The number of hydrogen-bond acceptors (Lipinski definition) is 5. The Balaban J connectivity index is 2.27. The molecule has 1 aromatic rings. The highest BCUT2D eigenvalue weighted by Crippen LogP contribution is 2.18. The van der Waals surface area contributed by atoms with E-state index in [1.165, 1.54) is 35.7 Å². The molecule has 1 aliphatic rings. The summed E-state index contributed by atoms with van der Waals surface area (Å²) in [4.78, 5) is 16.2. The van der Waals surface area contributed by atoms with E-state index in [1.807, 2.05) is 0 Å². The Morgan fingerprint density at radius 2 is 2.05 bits per heavy atom. The summed E-state index contributed by atoms with van der Waals surface area (Å²) < 4.78 is 31.3. The SMILES string of the molecule is CONC(=O)c1cccc(S(=O)(=O)N2CCOCC2)c1. The quantitative estimate of drug-likeness (QED) is 0.791. The van der Waals surface area contributed by atoms with E-state index >= 15 is 0 Å². The van der Waals surface area contributed by atoms with Gasteiger partial charge in [-0.25, -0.2) is 13.9 Å². The van der Waals surface area contributed by atoms with Gasteiger partial charge in [0, 0.05) is 18.7 Å². The Morgan fingerprint density at radius 3 is 2.70 bits per heavy atom. The summed E-state index contributed by atoms with van der Waals surface area (Å²) >= 11 is 0. The Bertz CT molecular complexity index is 581. The molecular weight excluding hydrogens is 284 g/mol. The van der Waals surface area contributed by atoms with Crippen molar-refractivity contribution in [2.24, 2.45) is 0 Å². The molecule has 0 atom stereocenters. The molecule has 1 aromatic carbocycles. The Hall–Kier alpha value is -1.48. The lowest BCUT2D eigenvalue weighted by Gasteiger charge is -2.26. The van der Waals surface area contributed by atoms with E-state index in [4.69, 9.17) is 4.74 Å². The maximum absolute atomic E-state index is 12.4. The monoisotopic (exact) mass is 300 g/mol. The maximum Gasteiger partial charge on any atom is 0.274 e. The zero-order valence-corrected chi connectivity index (χ0v) is 11.9. The smallest absolute Gasteiger partial charge is 0.274 e. The Kier molecular flexibility index (Phi) is 4.71. The number of benzene rings is 1. The summed E-state index contributed by atoms with van der Waals surface area (Å²) in [6, 6.07) is 5.85. The first-order chi connectivity index (χ1) is 9.55. The van der Waals surface area contributed by atoms with Gasteiger partial charge in [0.25, 0.3) is 5.91 Å². The van der Waals surface area contributed by atoms with Crippen molar-refractivity contribution < 1.29 is 22.8 Å². The zero-order valence-electron chi connectivity index (χ0n) is 11.0. The van der Waals surface area contributed by atoms with Crippen molar-refractivity contribution in [1.29, 1.82) is 0 Å². The topological polar surface area (TPSA) is 84.9 Å². The molecule has 2 rings (SSSR count). The molecule has 1 heterocycles. The van der Waals surface area contributed by atoms with Gasteiger partial charge >= 0.3 is 0 Å². The van der Waals surface area contributed by atoms with Crippen LogP contribution in [0.2, 0.25) is 0 Å². The molecule has 0 radical (unpaired) electrons. The van der Waals surface area contributed by atoms with Crippen LogP contribution in [0.4, 0.5) is 0 Å². The molecule has 0 spiro atoms. The molecule has 110 valence electrons. The van der Waals surface area contributed by atoms with Crippen molar-refractivity contribution in [3.8, 4) is 0 Å². The van der Waals surface area contributed by atoms with E-state index in [1.54, 1.807) is 0 Å². The van der Waals surface area contributed by atoms with E-state index in [0.717, 1.165) is 0 Å². The fourth-order valence-corrected chi connectivity index (χ4v) is 3.34. The number of carbonyl (C=O) groups is 1. The van der Waals surface area contributed by atoms with E-state index in [-0.39, 0.29) is 10.5 Å². The highest BCUT2D eigenvalue weighted by Gasteiger charge is 2.26. The van der Waals surface area contributed by atoms with Crippen LogP contribution in [0, 0.1) is 0 Å². The van der Waals surface area contributed by atoms with E-state index in [2.05, 4.69) is 10.3 Å². The van der Waals surface area contributed by atoms with Gasteiger partial charge in [0.15, 0.2) is 0 Å². The third-order valence-electron chi connectivity index (χ3n) is 2.90. The number of morpholine rings is 1. The number of carbonyl (C=O) groups excluding carboxylic acids is 1. The largest absolute Gasteiger partial charge is 0.379 e. The third kappa shape index (κ3) is 3.15. The van der Waals surface area contributed by atoms with Crippen molar-refractivity contribution in [2.45, 2.75) is 4.90 Å². The third-order valence-corrected chi connectivity index (χ3v) is 4.79. The van der Waals surface area contributed by atoms with Crippen molar-refractivity contribution in [1.82, 2.24) is 9.79 Å². The number of nitrogens with one attached hydrogen (secondary N) is 1. The van der Waals surface area contributed by atoms with Gasteiger partial charge in [-0.15, -0.1) is 0 Å². The van der Waals surface area contributed by atoms with Gasteiger partial charge in [-0.1, -0.05) is 6.07 Å². The lowest BCUT2D eigenvalue weighted by molar-refractivity contribution is 0.0537. The van der Waals surface area contributed by atoms with E-state index in [0.29, 0.717) is 26.3 Å². The molecule has 1 aliphatic heterocycles. The summed E-state index contributed by atoms with van der Waals surface area (Å²) in [6.45, 7) is 1.39. The van der Waals surface area contributed by atoms with Crippen LogP contribution >= 0.6 is 0 Å². The van der Waals surface area contributed by atoms with Crippen molar-refractivity contribution in [3.05, 3.63) is 29.8 Å². The number of sulfonamides is 1. The normalized spacial score (nSPS) is 16.9. The molecule has 0 bridgehead atoms. The molecule has 0 aliphatic carbocycles. The van der Waals surface area contributed by atoms with Gasteiger partial charge in [0.05, 0.1) is 25.2 Å². The van der Waals surface area contributed by atoms with Crippen LogP contribution in [0.5, 0.6) is 0 Å². The first-order valence-corrected chi connectivity index (χ1v) is 7.51. The molecular formula is C12H16N2O5S. The predicted octanol–water partition coefficient (Wildman–Crippen LogP) is -0.00130. The molecule has 0 unspecified atom stereocenters. The van der Waals surface area contributed by atoms with Crippen LogP contribution in [-0.4, -0.2) is 52.0 Å². The second-order valence-electron chi connectivity index (χ2n) is 4.18. The van der Waals surface area contributed by atoms with Gasteiger partial charge in [0.1, 0.15) is 0 Å². The summed E-state index contributed by atoms with van der Waals surface area (Å²) in [5.74, 6) is -0.494. The zero-order chi connectivity index (χ0) is 14.6. The molecule has 0 saturated carbocycles. The standard InChI is InChI=1S/C12H16N2O5S/c1-18-13-12(15)10-3-2-4-11(9-10)20(16,17)14-5-7-19-8-6-14/h2-4,9H,5-8H2,1H3,(H,13,15). The average molecular weight is 300 g/mol. The molecule has 0 aromatic heterocycles. The average Bonchev–Trinajstić information content (AvgIpc) is 2.48. The molecule has 20 heavy (non-hydrogen) atoms. The van der Waals surface area contributed by atoms with Crippen LogP contribution in [-0.2, 0) is 19.6 Å². The van der Waals surface area contributed by atoms with Crippen LogP contribution < -0.4 is 5.48 Å². The second kappa shape index (κ2) is 6.31.